The van der Waals surface area contributed by atoms with E-state index >= 15 is 0 Å². The number of nitrogens with two attached hydrogens (primary N) is 1. The Balaban J connectivity index is 1.96. The van der Waals surface area contributed by atoms with Gasteiger partial charge in [-0.15, -0.1) is 0 Å². The second-order valence-electron chi connectivity index (χ2n) is 4.83. The van der Waals surface area contributed by atoms with Crippen molar-refractivity contribution in [2.45, 2.75) is 13.5 Å². The molecule has 0 spiro atoms. The van der Waals surface area contributed by atoms with Crippen LogP contribution in [-0.4, -0.2) is 11.9 Å². The maximum atomic E-state index is 13.2. The fourth-order valence-corrected chi connectivity index (χ4v) is 1.95. The van der Waals surface area contributed by atoms with Crippen molar-refractivity contribution in [3.8, 4) is 0 Å². The molecule has 4 N–H and O–H groups in total. The minimum atomic E-state index is -0.663. The predicted molar refractivity (Wildman–Crippen MR) is 82.0 cm³/mol. The van der Waals surface area contributed by atoms with Gasteiger partial charge < -0.3 is 16.4 Å². The van der Waals surface area contributed by atoms with E-state index in [-0.39, 0.29) is 11.7 Å². The van der Waals surface area contributed by atoms with Crippen LogP contribution in [0.25, 0.3) is 0 Å². The number of hydrogen-bond donors (Lipinski definition) is 3. The number of rotatable bonds is 4. The Kier molecular flexibility index (Phi) is 4.73. The zero-order valence-electron chi connectivity index (χ0n) is 12.0. The molecule has 6 heteroatoms. The summed E-state index contributed by atoms with van der Waals surface area (Å²) in [6.07, 6.45) is 0. The van der Waals surface area contributed by atoms with Crippen LogP contribution in [0.2, 0.25) is 0 Å². The highest BCUT2D eigenvalue weighted by Crippen LogP contribution is 2.11. The van der Waals surface area contributed by atoms with Crippen molar-refractivity contribution in [2.75, 3.05) is 5.32 Å². The predicted octanol–water partition coefficient (Wildman–Crippen LogP) is 2.55. The third-order valence-electron chi connectivity index (χ3n) is 3.09. The highest BCUT2D eigenvalue weighted by atomic mass is 19.1. The Morgan fingerprint density at radius 3 is 2.41 bits per heavy atom. The molecule has 0 aliphatic rings. The Morgan fingerprint density at radius 2 is 1.82 bits per heavy atom. The Hall–Kier alpha value is -2.89. The van der Waals surface area contributed by atoms with Gasteiger partial charge in [-0.2, -0.15) is 0 Å². The van der Waals surface area contributed by atoms with Crippen molar-refractivity contribution in [2.24, 2.45) is 5.73 Å². The highest BCUT2D eigenvalue weighted by molar-refractivity contribution is 5.95. The number of urea groups is 1. The molecule has 0 aliphatic heterocycles. The summed E-state index contributed by atoms with van der Waals surface area (Å²) in [7, 11) is 0. The minimum absolute atomic E-state index is 0.257. The number of hydrogen-bond acceptors (Lipinski definition) is 2. The van der Waals surface area contributed by atoms with Crippen LogP contribution in [0, 0.1) is 12.7 Å². The number of anilines is 1. The minimum Gasteiger partial charge on any atom is -0.351 e. The number of halogens is 1. The molecule has 114 valence electrons. The molecule has 5 nitrogen and oxygen atoms in total. The van der Waals surface area contributed by atoms with Crippen LogP contribution in [0.1, 0.15) is 21.5 Å². The van der Waals surface area contributed by atoms with Crippen molar-refractivity contribution < 1.29 is 14.0 Å². The molecular weight excluding hydrogens is 285 g/mol. The average Bonchev–Trinajstić information content (AvgIpc) is 2.48. The summed E-state index contributed by atoms with van der Waals surface area (Å²) in [5.74, 6) is -0.528. The quantitative estimate of drug-likeness (QED) is 0.811. The zero-order valence-corrected chi connectivity index (χ0v) is 12.0. The summed E-state index contributed by atoms with van der Waals surface area (Å²) in [6.45, 7) is 1.98. The lowest BCUT2D eigenvalue weighted by Gasteiger charge is -2.07. The smallest absolute Gasteiger partial charge is 0.316 e. The van der Waals surface area contributed by atoms with E-state index in [2.05, 4.69) is 10.6 Å². The summed E-state index contributed by atoms with van der Waals surface area (Å²) < 4.78 is 13.2. The maximum Gasteiger partial charge on any atom is 0.316 e. The first-order chi connectivity index (χ1) is 10.5. The van der Waals surface area contributed by atoms with Crippen LogP contribution in [0.5, 0.6) is 0 Å². The summed E-state index contributed by atoms with van der Waals surface area (Å²) in [4.78, 5) is 22.7. The molecule has 0 saturated heterocycles. The molecule has 0 heterocycles. The Bertz CT molecular complexity index is 699. The van der Waals surface area contributed by atoms with Gasteiger partial charge in [-0.3, -0.25) is 4.79 Å². The van der Waals surface area contributed by atoms with Crippen LogP contribution in [0.3, 0.4) is 0 Å². The summed E-state index contributed by atoms with van der Waals surface area (Å²) in [6, 6.07) is 10.4. The van der Waals surface area contributed by atoms with Gasteiger partial charge >= 0.3 is 6.03 Å². The molecule has 2 rings (SSSR count). The molecule has 0 bridgehead atoms. The number of benzene rings is 2. The van der Waals surface area contributed by atoms with E-state index < -0.39 is 6.03 Å². The molecule has 2 aromatic rings. The molecular formula is C16H16FN3O2. The van der Waals surface area contributed by atoms with Crippen molar-refractivity contribution in [1.82, 2.24) is 5.32 Å². The Morgan fingerprint density at radius 1 is 1.14 bits per heavy atom. The van der Waals surface area contributed by atoms with Crippen LogP contribution in [0.4, 0.5) is 14.9 Å². The molecule has 0 saturated carbocycles. The normalized spacial score (nSPS) is 10.1. The molecule has 0 aliphatic carbocycles. The average molecular weight is 301 g/mol. The molecule has 0 unspecified atom stereocenters. The van der Waals surface area contributed by atoms with Crippen molar-refractivity contribution in [1.29, 1.82) is 0 Å². The number of aryl methyl sites for hydroxylation is 1. The highest BCUT2D eigenvalue weighted by Gasteiger charge is 2.06. The van der Waals surface area contributed by atoms with Gasteiger partial charge in [-0.05, 0) is 48.4 Å². The van der Waals surface area contributed by atoms with Crippen molar-refractivity contribution in [3.05, 3.63) is 65.0 Å². The fourth-order valence-electron chi connectivity index (χ4n) is 1.95. The van der Waals surface area contributed by atoms with Gasteiger partial charge in [-0.25, -0.2) is 9.18 Å². The summed E-state index contributed by atoms with van der Waals surface area (Å²) in [5, 5.41) is 5.16. The molecule has 0 radical (unpaired) electrons. The molecule has 0 fully saturated rings. The first-order valence-electron chi connectivity index (χ1n) is 6.65. The van der Waals surface area contributed by atoms with E-state index in [9.17, 15) is 14.0 Å². The lowest BCUT2D eigenvalue weighted by Crippen LogP contribution is -2.23. The number of carbonyl (C=O) groups is 2. The topological polar surface area (TPSA) is 84.2 Å². The lowest BCUT2D eigenvalue weighted by atomic mass is 10.1. The van der Waals surface area contributed by atoms with E-state index in [1.807, 2.05) is 0 Å². The zero-order chi connectivity index (χ0) is 16.1. The van der Waals surface area contributed by atoms with Crippen LogP contribution < -0.4 is 16.4 Å². The summed E-state index contributed by atoms with van der Waals surface area (Å²) >= 11 is 0. The number of nitrogens with one attached hydrogen (secondary N) is 2. The van der Waals surface area contributed by atoms with Gasteiger partial charge in [0.15, 0.2) is 0 Å². The van der Waals surface area contributed by atoms with Crippen LogP contribution in [-0.2, 0) is 6.54 Å². The SMILES string of the molecule is Cc1cc(CNC(=O)c2ccc(NC(N)=O)cc2)ccc1F. The van der Waals surface area contributed by atoms with Gasteiger partial charge in [0.25, 0.3) is 5.91 Å². The van der Waals surface area contributed by atoms with Crippen LogP contribution >= 0.6 is 0 Å². The van der Waals surface area contributed by atoms with E-state index in [0.717, 1.165) is 5.56 Å². The Labute approximate surface area is 127 Å². The van der Waals surface area contributed by atoms with E-state index in [0.29, 0.717) is 23.4 Å². The van der Waals surface area contributed by atoms with E-state index in [4.69, 9.17) is 5.73 Å². The molecule has 2 aromatic carbocycles. The monoisotopic (exact) mass is 301 g/mol. The maximum absolute atomic E-state index is 13.2. The first-order valence-corrected chi connectivity index (χ1v) is 6.65. The second-order valence-corrected chi connectivity index (χ2v) is 4.83. The lowest BCUT2D eigenvalue weighted by molar-refractivity contribution is 0.0951. The molecule has 22 heavy (non-hydrogen) atoms. The summed E-state index contributed by atoms with van der Waals surface area (Å²) in [5.41, 5.74) is 7.32. The number of primary amides is 1. The van der Waals surface area contributed by atoms with E-state index in [1.165, 1.54) is 6.07 Å². The van der Waals surface area contributed by atoms with Crippen molar-refractivity contribution >= 4 is 17.6 Å². The van der Waals surface area contributed by atoms with Gasteiger partial charge in [0.2, 0.25) is 0 Å². The van der Waals surface area contributed by atoms with Gasteiger partial charge in [-0.1, -0.05) is 12.1 Å². The van der Waals surface area contributed by atoms with Gasteiger partial charge in [0.05, 0.1) is 0 Å². The van der Waals surface area contributed by atoms with E-state index in [1.54, 1.807) is 43.3 Å². The largest absolute Gasteiger partial charge is 0.351 e. The molecule has 3 amide bonds. The van der Waals surface area contributed by atoms with Crippen molar-refractivity contribution in [3.63, 3.8) is 0 Å². The first kappa shape index (κ1) is 15.5. The molecule has 0 atom stereocenters. The third kappa shape index (κ3) is 4.05. The van der Waals surface area contributed by atoms with Gasteiger partial charge in [0, 0.05) is 17.8 Å². The second kappa shape index (κ2) is 6.71. The molecule has 0 aromatic heterocycles. The standard InChI is InChI=1S/C16H16FN3O2/c1-10-8-11(2-7-14(10)17)9-19-15(21)12-3-5-13(6-4-12)20-16(18)22/h2-8H,9H2,1H3,(H,19,21)(H3,18,20,22). The number of carbonyl (C=O) groups excluding carboxylic acids is 2. The van der Waals surface area contributed by atoms with Crippen LogP contribution in [0.15, 0.2) is 42.5 Å². The fraction of sp³-hybridized carbons (Fsp3) is 0.125. The third-order valence-corrected chi connectivity index (χ3v) is 3.09. The van der Waals surface area contributed by atoms with Gasteiger partial charge in [0.1, 0.15) is 5.82 Å². The number of amides is 3.